The molecule has 1 aliphatic rings. The van der Waals surface area contributed by atoms with Gasteiger partial charge in [0.1, 0.15) is 0 Å². The summed E-state index contributed by atoms with van der Waals surface area (Å²) in [6.07, 6.45) is 4.97. The first-order valence-electron chi connectivity index (χ1n) is 9.87. The summed E-state index contributed by atoms with van der Waals surface area (Å²) >= 11 is 1.96. The van der Waals surface area contributed by atoms with Crippen molar-refractivity contribution in [3.8, 4) is 11.5 Å². The molecule has 0 spiro atoms. The average molecular weight is 386 g/mol. The smallest absolute Gasteiger partial charge is 0.162 e. The van der Waals surface area contributed by atoms with Crippen molar-refractivity contribution in [1.29, 1.82) is 0 Å². The number of para-hydroxylation sites is 1. The lowest BCUT2D eigenvalue weighted by Crippen LogP contribution is -2.35. The minimum absolute atomic E-state index is 0.302. The molecule has 2 aromatic carbocycles. The molecule has 0 radical (unpaired) electrons. The zero-order valence-electron chi connectivity index (χ0n) is 17.0. The quantitative estimate of drug-likeness (QED) is 0.540. The molecule has 0 saturated heterocycles. The van der Waals surface area contributed by atoms with Crippen molar-refractivity contribution in [3.63, 3.8) is 0 Å². The Hall–Kier alpha value is -1.81. The summed E-state index contributed by atoms with van der Waals surface area (Å²) in [5.74, 6) is 2.72. The topological polar surface area (TPSA) is 21.7 Å². The molecule has 0 saturated carbocycles. The van der Waals surface area contributed by atoms with Crippen molar-refractivity contribution in [2.75, 3.05) is 31.4 Å². The van der Waals surface area contributed by atoms with Gasteiger partial charge in [-0.1, -0.05) is 44.9 Å². The fourth-order valence-electron chi connectivity index (χ4n) is 3.81. The van der Waals surface area contributed by atoms with Gasteiger partial charge in [-0.05, 0) is 36.5 Å². The van der Waals surface area contributed by atoms with Gasteiger partial charge < -0.3 is 14.4 Å². The molecule has 4 heteroatoms. The maximum atomic E-state index is 5.61. The first-order chi connectivity index (χ1) is 13.2. The third-order valence-electron chi connectivity index (χ3n) is 5.66. The summed E-state index contributed by atoms with van der Waals surface area (Å²) < 4.78 is 11.2. The minimum Gasteiger partial charge on any atom is -0.493 e. The maximum Gasteiger partial charge on any atom is 0.162 e. The molecule has 0 fully saturated rings. The van der Waals surface area contributed by atoms with E-state index in [1.165, 1.54) is 42.0 Å². The van der Waals surface area contributed by atoms with Crippen molar-refractivity contribution in [2.24, 2.45) is 5.41 Å². The third-order valence-corrected chi connectivity index (χ3v) is 7.06. The molecule has 1 atom stereocenters. The second-order valence-electron chi connectivity index (χ2n) is 7.34. The highest BCUT2D eigenvalue weighted by Crippen LogP contribution is 2.49. The summed E-state index contributed by atoms with van der Waals surface area (Å²) in [4.78, 5) is 3.75. The van der Waals surface area contributed by atoms with E-state index < -0.39 is 0 Å². The number of fused-ring (bicyclic) bond motifs is 1. The SMILES string of the molecule is CCCCC1(CC)CSc2cc(OC)c(OC)cc2N(c2ccccc2)C1. The van der Waals surface area contributed by atoms with Gasteiger partial charge in [0.2, 0.25) is 0 Å². The molecule has 2 aromatic rings. The van der Waals surface area contributed by atoms with Crippen LogP contribution in [0, 0.1) is 5.41 Å². The van der Waals surface area contributed by atoms with Crippen LogP contribution in [0.25, 0.3) is 0 Å². The normalized spacial score (nSPS) is 19.3. The van der Waals surface area contributed by atoms with Gasteiger partial charge in [-0.2, -0.15) is 0 Å². The Bertz CT molecular complexity index is 750. The van der Waals surface area contributed by atoms with Crippen LogP contribution in [-0.2, 0) is 0 Å². The maximum absolute atomic E-state index is 5.61. The number of nitrogens with zero attached hydrogens (tertiary/aromatic N) is 1. The van der Waals surface area contributed by atoms with Gasteiger partial charge in [-0.25, -0.2) is 0 Å². The van der Waals surface area contributed by atoms with Crippen LogP contribution in [0.2, 0.25) is 0 Å². The lowest BCUT2D eigenvalue weighted by molar-refractivity contribution is 0.295. The molecule has 27 heavy (non-hydrogen) atoms. The van der Waals surface area contributed by atoms with Crippen molar-refractivity contribution >= 4 is 23.1 Å². The van der Waals surface area contributed by atoms with Crippen LogP contribution < -0.4 is 14.4 Å². The lowest BCUT2D eigenvalue weighted by Gasteiger charge is -2.36. The zero-order valence-corrected chi connectivity index (χ0v) is 17.8. The molecule has 1 aliphatic heterocycles. The van der Waals surface area contributed by atoms with Crippen LogP contribution in [0.1, 0.15) is 39.5 Å². The number of anilines is 2. The van der Waals surface area contributed by atoms with E-state index in [4.69, 9.17) is 9.47 Å². The van der Waals surface area contributed by atoms with Gasteiger partial charge in [-0.15, -0.1) is 11.8 Å². The molecule has 0 aromatic heterocycles. The van der Waals surface area contributed by atoms with Gasteiger partial charge >= 0.3 is 0 Å². The highest BCUT2D eigenvalue weighted by Gasteiger charge is 2.35. The number of ether oxygens (including phenoxy) is 2. The van der Waals surface area contributed by atoms with Gasteiger partial charge in [-0.3, -0.25) is 0 Å². The summed E-state index contributed by atoms with van der Waals surface area (Å²) in [6, 6.07) is 15.0. The fraction of sp³-hybridized carbons (Fsp3) is 0.478. The van der Waals surface area contributed by atoms with Crippen LogP contribution in [0.3, 0.4) is 0 Å². The van der Waals surface area contributed by atoms with E-state index in [-0.39, 0.29) is 0 Å². The summed E-state index contributed by atoms with van der Waals surface area (Å²) in [5.41, 5.74) is 2.76. The van der Waals surface area contributed by atoms with Crippen molar-refractivity contribution in [1.82, 2.24) is 0 Å². The van der Waals surface area contributed by atoms with Crippen LogP contribution in [0.4, 0.5) is 11.4 Å². The number of thioether (sulfide) groups is 1. The highest BCUT2D eigenvalue weighted by atomic mass is 32.2. The Balaban J connectivity index is 2.10. The summed E-state index contributed by atoms with van der Waals surface area (Å²) in [6.45, 7) is 5.66. The van der Waals surface area contributed by atoms with E-state index in [9.17, 15) is 0 Å². The molecule has 3 nitrogen and oxygen atoms in total. The second-order valence-corrected chi connectivity index (χ2v) is 8.36. The number of hydrogen-bond acceptors (Lipinski definition) is 4. The lowest BCUT2D eigenvalue weighted by atomic mass is 9.81. The number of hydrogen-bond donors (Lipinski definition) is 0. The van der Waals surface area contributed by atoms with Gasteiger partial charge in [0.05, 0.1) is 19.9 Å². The summed E-state index contributed by atoms with van der Waals surface area (Å²) in [7, 11) is 3.41. The second kappa shape index (κ2) is 8.92. The van der Waals surface area contributed by atoms with Crippen molar-refractivity contribution < 1.29 is 9.47 Å². The zero-order chi connectivity index (χ0) is 19.3. The number of benzene rings is 2. The van der Waals surface area contributed by atoms with Gasteiger partial charge in [0, 0.05) is 28.9 Å². The Morgan fingerprint density at radius 1 is 1.04 bits per heavy atom. The van der Waals surface area contributed by atoms with E-state index in [0.717, 1.165) is 23.8 Å². The Kier molecular flexibility index (Phi) is 6.59. The minimum atomic E-state index is 0.302. The predicted molar refractivity (Wildman–Crippen MR) is 116 cm³/mol. The largest absolute Gasteiger partial charge is 0.493 e. The van der Waals surface area contributed by atoms with E-state index in [1.54, 1.807) is 14.2 Å². The molecule has 0 aliphatic carbocycles. The molecular formula is C23H31NO2S. The van der Waals surface area contributed by atoms with E-state index >= 15 is 0 Å². The standard InChI is InChI=1S/C23H31NO2S/c1-5-7-13-23(6-2)16-24(18-11-9-8-10-12-18)19-14-20(25-3)21(26-4)15-22(19)27-17-23/h8-12,14-15H,5-7,13,16-17H2,1-4H3. The molecule has 3 rings (SSSR count). The van der Waals surface area contributed by atoms with E-state index in [1.807, 2.05) is 11.8 Å². The molecular weight excluding hydrogens is 354 g/mol. The molecule has 0 N–H and O–H groups in total. The number of methoxy groups -OCH3 is 2. The monoisotopic (exact) mass is 385 g/mol. The molecule has 1 unspecified atom stereocenters. The van der Waals surface area contributed by atoms with Crippen molar-refractivity contribution in [3.05, 3.63) is 42.5 Å². The van der Waals surface area contributed by atoms with Gasteiger partial charge in [0.25, 0.3) is 0 Å². The predicted octanol–water partition coefficient (Wildman–Crippen LogP) is 6.53. The first-order valence-corrected chi connectivity index (χ1v) is 10.9. The van der Waals surface area contributed by atoms with E-state index in [2.05, 4.69) is 61.2 Å². The van der Waals surface area contributed by atoms with Crippen molar-refractivity contribution in [2.45, 2.75) is 44.4 Å². The van der Waals surface area contributed by atoms with Crippen LogP contribution >= 0.6 is 11.8 Å². The molecule has 0 amide bonds. The molecule has 146 valence electrons. The van der Waals surface area contributed by atoms with Crippen LogP contribution in [0.5, 0.6) is 11.5 Å². The van der Waals surface area contributed by atoms with E-state index in [0.29, 0.717) is 5.41 Å². The number of rotatable bonds is 7. The van der Waals surface area contributed by atoms with Gasteiger partial charge in [0.15, 0.2) is 11.5 Å². The molecule has 1 heterocycles. The Morgan fingerprint density at radius 3 is 2.37 bits per heavy atom. The fourth-order valence-corrected chi connectivity index (χ4v) is 5.21. The average Bonchev–Trinajstić information content (AvgIpc) is 2.89. The highest BCUT2D eigenvalue weighted by molar-refractivity contribution is 7.99. The Morgan fingerprint density at radius 2 is 1.74 bits per heavy atom. The summed E-state index contributed by atoms with van der Waals surface area (Å²) in [5, 5.41) is 0. The van der Waals surface area contributed by atoms with Crippen LogP contribution in [-0.4, -0.2) is 26.5 Å². The number of unbranched alkanes of at least 4 members (excludes halogenated alkanes) is 1. The molecule has 0 bridgehead atoms. The van der Waals surface area contributed by atoms with Crippen LogP contribution in [0.15, 0.2) is 47.4 Å². The third kappa shape index (κ3) is 4.21. The Labute approximate surface area is 168 Å². The first kappa shape index (κ1) is 19.9.